The van der Waals surface area contributed by atoms with Crippen LogP contribution in [-0.2, 0) is 14.3 Å². The molecule has 2 aliphatic heterocycles. The van der Waals surface area contributed by atoms with Crippen molar-refractivity contribution in [2.24, 2.45) is 5.92 Å². The molecule has 5 unspecified atom stereocenters. The monoisotopic (exact) mass is 405 g/mol. The zero-order valence-electron chi connectivity index (χ0n) is 18.4. The second-order valence-electron chi connectivity index (χ2n) is 9.88. The molecule has 6 nitrogen and oxygen atoms in total. The van der Waals surface area contributed by atoms with Crippen LogP contribution in [0.5, 0.6) is 0 Å². The van der Waals surface area contributed by atoms with Gasteiger partial charge in [-0.1, -0.05) is 32.1 Å². The quantitative estimate of drug-likeness (QED) is 0.784. The molecule has 4 aliphatic rings. The Balaban J connectivity index is 1.40. The van der Waals surface area contributed by atoms with Gasteiger partial charge in [0.25, 0.3) is 0 Å². The fourth-order valence-electron chi connectivity index (χ4n) is 6.37. The number of ether oxygens (including phenoxy) is 1. The molecule has 2 saturated heterocycles. The molecule has 164 valence electrons. The van der Waals surface area contributed by atoms with Gasteiger partial charge in [0.15, 0.2) is 0 Å². The van der Waals surface area contributed by atoms with E-state index in [4.69, 9.17) is 4.74 Å². The van der Waals surface area contributed by atoms with Crippen molar-refractivity contribution in [2.45, 2.75) is 121 Å². The van der Waals surface area contributed by atoms with E-state index in [9.17, 15) is 9.59 Å². The highest BCUT2D eigenvalue weighted by Crippen LogP contribution is 2.35. The highest BCUT2D eigenvalue weighted by Gasteiger charge is 2.45. The zero-order chi connectivity index (χ0) is 20.5. The SMILES string of the molecule is CC(=O)N1C2CCCCC2N(C(=O)CC2NC(C3CCCCC3)OC2C)C[C@@H]1C. The van der Waals surface area contributed by atoms with Crippen molar-refractivity contribution in [1.82, 2.24) is 15.1 Å². The Morgan fingerprint density at radius 3 is 2.31 bits per heavy atom. The Morgan fingerprint density at radius 2 is 1.62 bits per heavy atom. The Kier molecular flexibility index (Phi) is 6.50. The first-order valence-electron chi connectivity index (χ1n) is 12.0. The number of carbonyl (C=O) groups excluding carboxylic acids is 2. The molecule has 0 bridgehead atoms. The average molecular weight is 406 g/mol. The largest absolute Gasteiger partial charge is 0.358 e. The van der Waals surface area contributed by atoms with E-state index in [2.05, 4.69) is 24.1 Å². The maximum absolute atomic E-state index is 13.4. The Hall–Kier alpha value is -1.14. The van der Waals surface area contributed by atoms with E-state index >= 15 is 0 Å². The van der Waals surface area contributed by atoms with Crippen LogP contribution in [0.1, 0.15) is 85.0 Å². The van der Waals surface area contributed by atoms with E-state index in [1.54, 1.807) is 6.92 Å². The average Bonchev–Trinajstić information content (AvgIpc) is 3.08. The smallest absolute Gasteiger partial charge is 0.224 e. The van der Waals surface area contributed by atoms with Gasteiger partial charge in [0, 0.05) is 32.0 Å². The summed E-state index contributed by atoms with van der Waals surface area (Å²) in [6.07, 6.45) is 11.4. The summed E-state index contributed by atoms with van der Waals surface area (Å²) in [5, 5.41) is 3.66. The minimum atomic E-state index is 0.0731. The molecule has 0 radical (unpaired) electrons. The number of rotatable bonds is 3. The van der Waals surface area contributed by atoms with Crippen LogP contribution < -0.4 is 5.32 Å². The predicted molar refractivity (Wildman–Crippen MR) is 112 cm³/mol. The van der Waals surface area contributed by atoms with Gasteiger partial charge in [-0.05, 0) is 45.4 Å². The van der Waals surface area contributed by atoms with E-state index in [0.717, 1.165) is 25.7 Å². The van der Waals surface area contributed by atoms with Crippen molar-refractivity contribution in [3.05, 3.63) is 0 Å². The summed E-state index contributed by atoms with van der Waals surface area (Å²) in [6, 6.07) is 0.561. The van der Waals surface area contributed by atoms with Gasteiger partial charge in [-0.25, -0.2) is 0 Å². The van der Waals surface area contributed by atoms with Crippen molar-refractivity contribution >= 4 is 11.8 Å². The van der Waals surface area contributed by atoms with Crippen LogP contribution in [-0.4, -0.2) is 64.7 Å². The van der Waals surface area contributed by atoms with Gasteiger partial charge < -0.3 is 14.5 Å². The first kappa shape index (κ1) is 21.1. The lowest BCUT2D eigenvalue weighted by atomic mass is 9.84. The van der Waals surface area contributed by atoms with Crippen LogP contribution in [0.2, 0.25) is 0 Å². The number of hydrogen-bond acceptors (Lipinski definition) is 4. The Bertz CT molecular complexity index is 606. The van der Waals surface area contributed by atoms with Crippen molar-refractivity contribution in [3.8, 4) is 0 Å². The summed E-state index contributed by atoms with van der Waals surface area (Å²) in [4.78, 5) is 29.8. The molecule has 0 aromatic carbocycles. The number of nitrogens with one attached hydrogen (secondary N) is 1. The lowest BCUT2D eigenvalue weighted by Gasteiger charge is -2.53. The van der Waals surface area contributed by atoms with Crippen LogP contribution in [0.15, 0.2) is 0 Å². The van der Waals surface area contributed by atoms with E-state index in [1.165, 1.54) is 32.1 Å². The summed E-state index contributed by atoms with van der Waals surface area (Å²) in [5.41, 5.74) is 0. The van der Waals surface area contributed by atoms with E-state index < -0.39 is 0 Å². The molecule has 4 rings (SSSR count). The van der Waals surface area contributed by atoms with Crippen LogP contribution in [0.25, 0.3) is 0 Å². The van der Waals surface area contributed by atoms with Crippen molar-refractivity contribution in [2.75, 3.05) is 6.54 Å². The third-order valence-corrected chi connectivity index (χ3v) is 7.85. The normalized spacial score (nSPS) is 38.7. The Morgan fingerprint density at radius 1 is 0.966 bits per heavy atom. The number of carbonyl (C=O) groups is 2. The van der Waals surface area contributed by atoms with Crippen molar-refractivity contribution in [3.63, 3.8) is 0 Å². The number of amides is 2. The second kappa shape index (κ2) is 8.93. The highest BCUT2D eigenvalue weighted by molar-refractivity contribution is 5.79. The zero-order valence-corrected chi connectivity index (χ0v) is 18.4. The molecule has 2 saturated carbocycles. The number of nitrogens with zero attached hydrogens (tertiary/aromatic N) is 2. The first-order valence-corrected chi connectivity index (χ1v) is 12.0. The van der Waals surface area contributed by atoms with Gasteiger partial charge in [0.2, 0.25) is 11.8 Å². The molecule has 4 fully saturated rings. The topological polar surface area (TPSA) is 61.9 Å². The molecule has 0 aromatic heterocycles. The van der Waals surface area contributed by atoms with Gasteiger partial charge >= 0.3 is 0 Å². The van der Waals surface area contributed by atoms with E-state index in [-0.39, 0.29) is 48.3 Å². The third kappa shape index (κ3) is 4.34. The van der Waals surface area contributed by atoms with Crippen LogP contribution in [0.4, 0.5) is 0 Å². The lowest BCUT2D eigenvalue weighted by Crippen LogP contribution is -2.66. The maximum atomic E-state index is 13.4. The van der Waals surface area contributed by atoms with E-state index in [0.29, 0.717) is 18.9 Å². The summed E-state index contributed by atoms with van der Waals surface area (Å²) >= 11 is 0. The fraction of sp³-hybridized carbons (Fsp3) is 0.913. The summed E-state index contributed by atoms with van der Waals surface area (Å²) in [6.45, 7) is 6.53. The molecule has 6 atom stereocenters. The minimum absolute atomic E-state index is 0.0731. The number of hydrogen-bond donors (Lipinski definition) is 1. The standard InChI is InChI=1S/C23H39N3O3/c1-15-14-25(20-11-7-8-12-21(20)26(15)17(3)27)22(28)13-19-16(2)29-23(24-19)18-9-5-4-6-10-18/h15-16,18-21,23-24H,4-14H2,1-3H3/t15-,16?,19?,20?,21?,23?/m0/s1. The highest BCUT2D eigenvalue weighted by atomic mass is 16.5. The van der Waals surface area contributed by atoms with Crippen LogP contribution in [0.3, 0.4) is 0 Å². The molecule has 6 heteroatoms. The van der Waals surface area contributed by atoms with Crippen molar-refractivity contribution < 1.29 is 14.3 Å². The van der Waals surface area contributed by atoms with E-state index in [1.807, 2.05) is 4.90 Å². The molecule has 0 aromatic rings. The third-order valence-electron chi connectivity index (χ3n) is 7.85. The predicted octanol–water partition coefficient (Wildman–Crippen LogP) is 3.05. The molecule has 2 amide bonds. The Labute approximate surface area is 175 Å². The fourth-order valence-corrected chi connectivity index (χ4v) is 6.37. The summed E-state index contributed by atoms with van der Waals surface area (Å²) < 4.78 is 6.24. The summed E-state index contributed by atoms with van der Waals surface area (Å²) in [7, 11) is 0. The van der Waals surface area contributed by atoms with Crippen molar-refractivity contribution in [1.29, 1.82) is 0 Å². The van der Waals surface area contributed by atoms with Gasteiger partial charge in [-0.2, -0.15) is 0 Å². The van der Waals surface area contributed by atoms with Gasteiger partial charge in [-0.3, -0.25) is 14.9 Å². The molecule has 0 spiro atoms. The van der Waals surface area contributed by atoms with Gasteiger partial charge in [-0.15, -0.1) is 0 Å². The number of piperazine rings is 1. The molecule has 2 aliphatic carbocycles. The number of fused-ring (bicyclic) bond motifs is 1. The van der Waals surface area contributed by atoms with Crippen LogP contribution >= 0.6 is 0 Å². The lowest BCUT2D eigenvalue weighted by molar-refractivity contribution is -0.153. The molecule has 2 heterocycles. The van der Waals surface area contributed by atoms with Gasteiger partial charge in [0.1, 0.15) is 6.23 Å². The molecule has 29 heavy (non-hydrogen) atoms. The second-order valence-corrected chi connectivity index (χ2v) is 9.88. The molecular weight excluding hydrogens is 366 g/mol. The minimum Gasteiger partial charge on any atom is -0.358 e. The maximum Gasteiger partial charge on any atom is 0.224 e. The molecular formula is C23H39N3O3. The summed E-state index contributed by atoms with van der Waals surface area (Å²) in [5.74, 6) is 0.971. The van der Waals surface area contributed by atoms with Crippen LogP contribution in [0, 0.1) is 5.92 Å². The van der Waals surface area contributed by atoms with Gasteiger partial charge in [0.05, 0.1) is 18.2 Å². The molecule has 1 N–H and O–H groups in total. The first-order chi connectivity index (χ1) is 14.0.